The predicted octanol–water partition coefficient (Wildman–Crippen LogP) is 4.73. The van der Waals surface area contributed by atoms with E-state index in [1.165, 1.54) is 43.1 Å². The first-order valence-electron chi connectivity index (χ1n) is 10.4. The van der Waals surface area contributed by atoms with Crippen LogP contribution in [0.4, 0.5) is 34.8 Å². The summed E-state index contributed by atoms with van der Waals surface area (Å²) in [5.74, 6) is -0.953. The molecule has 0 amide bonds. The number of benzene rings is 2. The van der Waals surface area contributed by atoms with Crippen LogP contribution in [-0.4, -0.2) is 63.8 Å². The highest BCUT2D eigenvalue weighted by Gasteiger charge is 2.27. The molecule has 0 spiro atoms. The van der Waals surface area contributed by atoms with E-state index < -0.39 is 33.9 Å². The molecule has 1 aliphatic rings. The number of nitrogens with zero attached hydrogens (tertiary/aromatic N) is 4. The standard InChI is InChI=1S/C22H23F4N5O2S/c1-34(2,32)30-14-8-16(24)21-18(9-14)27-12-28-22(21)29-17-4-3-13(23)7-19(17)33-15-5-6-31(10-15)11-20(25)26/h3-4,7-9,12,15,20H,5-6,10-11H2,1-2H3,(H,27,28,29)/t15-/m1/s1. The zero-order chi connectivity index (χ0) is 24.5. The lowest BCUT2D eigenvalue weighted by Crippen LogP contribution is -2.29. The van der Waals surface area contributed by atoms with Gasteiger partial charge in [-0.1, -0.05) is 0 Å². The Labute approximate surface area is 194 Å². The molecule has 2 aromatic carbocycles. The molecule has 0 saturated carbocycles. The summed E-state index contributed by atoms with van der Waals surface area (Å²) < 4.78 is 76.2. The number of nitrogens with one attached hydrogen (secondary N) is 1. The Balaban J connectivity index is 1.63. The number of hydrogen-bond donors (Lipinski definition) is 1. The van der Waals surface area contributed by atoms with Crippen molar-refractivity contribution in [3.05, 3.63) is 48.3 Å². The Morgan fingerprint density at radius 1 is 1.24 bits per heavy atom. The molecule has 1 atom stereocenters. The fourth-order valence-corrected chi connectivity index (χ4v) is 4.40. The van der Waals surface area contributed by atoms with Gasteiger partial charge in [0.15, 0.2) is 0 Å². The number of hydrogen-bond acceptors (Lipinski definition) is 7. The summed E-state index contributed by atoms with van der Waals surface area (Å²) in [6, 6.07) is 6.45. The summed E-state index contributed by atoms with van der Waals surface area (Å²) in [7, 11) is -2.50. The second-order valence-corrected chi connectivity index (χ2v) is 10.8. The summed E-state index contributed by atoms with van der Waals surface area (Å²) in [5, 5.41) is 3.03. The Bertz CT molecular complexity index is 1320. The Kier molecular flexibility index (Phi) is 6.89. The number of rotatable bonds is 7. The number of halogens is 4. The quantitative estimate of drug-likeness (QED) is 0.476. The number of alkyl halides is 2. The molecule has 0 unspecified atom stereocenters. The zero-order valence-electron chi connectivity index (χ0n) is 18.5. The van der Waals surface area contributed by atoms with E-state index in [4.69, 9.17) is 4.74 Å². The molecule has 0 bridgehead atoms. The molecule has 4 rings (SSSR count). The van der Waals surface area contributed by atoms with E-state index in [2.05, 4.69) is 19.6 Å². The van der Waals surface area contributed by atoms with Gasteiger partial charge in [0.1, 0.15) is 35.6 Å². The van der Waals surface area contributed by atoms with Crippen LogP contribution in [0.2, 0.25) is 0 Å². The van der Waals surface area contributed by atoms with Gasteiger partial charge < -0.3 is 10.1 Å². The van der Waals surface area contributed by atoms with Crippen molar-refractivity contribution in [2.24, 2.45) is 4.36 Å². The number of likely N-dealkylation sites (tertiary alicyclic amines) is 1. The molecule has 1 fully saturated rings. The van der Waals surface area contributed by atoms with Crippen LogP contribution in [0, 0.1) is 11.6 Å². The van der Waals surface area contributed by atoms with Crippen molar-refractivity contribution in [2.75, 3.05) is 37.5 Å². The van der Waals surface area contributed by atoms with Crippen LogP contribution < -0.4 is 10.1 Å². The Morgan fingerprint density at radius 2 is 2.03 bits per heavy atom. The number of ether oxygens (including phenoxy) is 1. The van der Waals surface area contributed by atoms with Crippen molar-refractivity contribution in [2.45, 2.75) is 19.0 Å². The minimum absolute atomic E-state index is 0.0689. The minimum Gasteiger partial charge on any atom is -0.487 e. The van der Waals surface area contributed by atoms with Crippen molar-refractivity contribution in [1.82, 2.24) is 14.9 Å². The Hall–Kier alpha value is -2.99. The number of aromatic nitrogens is 2. The lowest BCUT2D eigenvalue weighted by atomic mass is 10.2. The lowest BCUT2D eigenvalue weighted by molar-refractivity contribution is 0.0931. The van der Waals surface area contributed by atoms with E-state index in [0.29, 0.717) is 18.7 Å². The summed E-state index contributed by atoms with van der Waals surface area (Å²) in [6.07, 6.45) is 1.78. The average molecular weight is 498 g/mol. The van der Waals surface area contributed by atoms with Gasteiger partial charge in [0, 0.05) is 47.5 Å². The summed E-state index contributed by atoms with van der Waals surface area (Å²) >= 11 is 0. The average Bonchev–Trinajstić information content (AvgIpc) is 3.14. The van der Waals surface area contributed by atoms with E-state index in [-0.39, 0.29) is 41.2 Å². The maximum atomic E-state index is 15.0. The molecule has 34 heavy (non-hydrogen) atoms. The molecule has 182 valence electrons. The molecular formula is C22H23F4N5O2S. The van der Waals surface area contributed by atoms with Crippen LogP contribution in [0.15, 0.2) is 41.0 Å². The molecule has 0 aliphatic carbocycles. The summed E-state index contributed by atoms with van der Waals surface area (Å²) in [5.41, 5.74) is 0.750. The molecule has 7 nitrogen and oxygen atoms in total. The number of fused-ring (bicyclic) bond motifs is 1. The first-order valence-corrected chi connectivity index (χ1v) is 12.8. The van der Waals surface area contributed by atoms with Gasteiger partial charge in [-0.3, -0.25) is 4.90 Å². The van der Waals surface area contributed by atoms with Crippen LogP contribution in [-0.2, 0) is 9.73 Å². The Morgan fingerprint density at radius 3 is 2.76 bits per heavy atom. The van der Waals surface area contributed by atoms with Crippen LogP contribution in [0.25, 0.3) is 10.9 Å². The minimum atomic E-state index is -2.50. The SMILES string of the molecule is CS(C)(=O)=Nc1cc(F)c2c(Nc3ccc(F)cc3O[C@@H]3CCN(CC(F)F)C3)ncnc2c1. The smallest absolute Gasteiger partial charge is 0.251 e. The second kappa shape index (κ2) is 9.71. The van der Waals surface area contributed by atoms with E-state index >= 15 is 0 Å². The fourth-order valence-electron chi connectivity index (χ4n) is 3.79. The molecule has 3 aromatic rings. The topological polar surface area (TPSA) is 79.7 Å². The normalized spacial score (nSPS) is 16.9. The van der Waals surface area contributed by atoms with Gasteiger partial charge in [-0.05, 0) is 24.6 Å². The third-order valence-corrected chi connectivity index (χ3v) is 5.77. The van der Waals surface area contributed by atoms with Crippen LogP contribution in [0.5, 0.6) is 5.75 Å². The van der Waals surface area contributed by atoms with Gasteiger partial charge >= 0.3 is 0 Å². The van der Waals surface area contributed by atoms with E-state index in [0.717, 1.165) is 6.07 Å². The highest BCUT2D eigenvalue weighted by molar-refractivity contribution is 7.92. The van der Waals surface area contributed by atoms with Crippen molar-refractivity contribution < 1.29 is 26.5 Å². The van der Waals surface area contributed by atoms with E-state index in [1.807, 2.05) is 0 Å². The van der Waals surface area contributed by atoms with Crippen molar-refractivity contribution in [3.8, 4) is 5.75 Å². The molecule has 2 heterocycles. The molecule has 1 aliphatic heterocycles. The molecular weight excluding hydrogens is 474 g/mol. The molecule has 1 saturated heterocycles. The highest BCUT2D eigenvalue weighted by atomic mass is 32.2. The van der Waals surface area contributed by atoms with Crippen LogP contribution in [0.1, 0.15) is 6.42 Å². The molecule has 1 N–H and O–H groups in total. The van der Waals surface area contributed by atoms with Gasteiger partial charge in [-0.2, -0.15) is 4.36 Å². The maximum absolute atomic E-state index is 15.0. The van der Waals surface area contributed by atoms with E-state index in [1.54, 1.807) is 4.90 Å². The third-order valence-electron chi connectivity index (χ3n) is 5.12. The molecule has 0 radical (unpaired) electrons. The van der Waals surface area contributed by atoms with Gasteiger partial charge in [0.05, 0.1) is 28.8 Å². The van der Waals surface area contributed by atoms with Crippen molar-refractivity contribution >= 4 is 37.8 Å². The number of anilines is 2. The van der Waals surface area contributed by atoms with Gasteiger partial charge in [0.2, 0.25) is 0 Å². The van der Waals surface area contributed by atoms with Gasteiger partial charge in [-0.15, -0.1) is 0 Å². The maximum Gasteiger partial charge on any atom is 0.251 e. The fraction of sp³-hybridized carbons (Fsp3) is 0.364. The largest absolute Gasteiger partial charge is 0.487 e. The van der Waals surface area contributed by atoms with Crippen LogP contribution in [0.3, 0.4) is 0 Å². The van der Waals surface area contributed by atoms with Gasteiger partial charge in [0.25, 0.3) is 6.43 Å². The lowest BCUT2D eigenvalue weighted by Gasteiger charge is -2.19. The molecule has 12 heteroatoms. The first-order chi connectivity index (χ1) is 16.1. The highest BCUT2D eigenvalue weighted by Crippen LogP contribution is 2.34. The monoisotopic (exact) mass is 497 g/mol. The van der Waals surface area contributed by atoms with Crippen molar-refractivity contribution in [1.29, 1.82) is 0 Å². The zero-order valence-corrected chi connectivity index (χ0v) is 19.3. The van der Waals surface area contributed by atoms with Crippen molar-refractivity contribution in [3.63, 3.8) is 0 Å². The summed E-state index contributed by atoms with van der Waals surface area (Å²) in [6.45, 7) is 0.388. The first kappa shape index (κ1) is 24.1. The molecule has 1 aromatic heterocycles. The van der Waals surface area contributed by atoms with E-state index in [9.17, 15) is 21.8 Å². The summed E-state index contributed by atoms with van der Waals surface area (Å²) in [4.78, 5) is 9.79. The predicted molar refractivity (Wildman–Crippen MR) is 123 cm³/mol. The third kappa shape index (κ3) is 5.92. The second-order valence-electron chi connectivity index (χ2n) is 8.26. The van der Waals surface area contributed by atoms with Gasteiger partial charge in [-0.25, -0.2) is 31.7 Å². The van der Waals surface area contributed by atoms with Crippen LogP contribution >= 0.6 is 0 Å².